The van der Waals surface area contributed by atoms with Gasteiger partial charge in [-0.05, 0) is 14.1 Å². The minimum absolute atomic E-state index is 0.364. The molecule has 8 heteroatoms. The predicted octanol–water partition coefficient (Wildman–Crippen LogP) is -0.772. The molecule has 1 heterocycles. The third-order valence-corrected chi connectivity index (χ3v) is 2.90. The summed E-state index contributed by atoms with van der Waals surface area (Å²) in [5, 5.41) is 3.86. The van der Waals surface area contributed by atoms with Gasteiger partial charge in [-0.25, -0.2) is 0 Å². The molecule has 0 aliphatic carbocycles. The van der Waals surface area contributed by atoms with Crippen molar-refractivity contribution in [2.45, 2.75) is 0 Å². The van der Waals surface area contributed by atoms with E-state index >= 15 is 0 Å². The van der Waals surface area contributed by atoms with E-state index in [2.05, 4.69) is 14.5 Å². The van der Waals surface area contributed by atoms with Crippen LogP contribution in [0.4, 0.5) is 5.69 Å². The Bertz CT molecular complexity index is 425. The van der Waals surface area contributed by atoms with Crippen LogP contribution in [-0.2, 0) is 17.3 Å². The van der Waals surface area contributed by atoms with Crippen molar-refractivity contribution in [1.82, 2.24) is 19.4 Å². The minimum Gasteiger partial charge on any atom is -0.308 e. The highest BCUT2D eigenvalue weighted by Crippen LogP contribution is 2.04. The van der Waals surface area contributed by atoms with E-state index in [-0.39, 0.29) is 0 Å². The molecule has 92 valence electrons. The van der Waals surface area contributed by atoms with Crippen molar-refractivity contribution in [3.8, 4) is 0 Å². The lowest BCUT2D eigenvalue weighted by molar-refractivity contribution is 0.412. The SMILES string of the molecule is CN(C)CCNS(=O)(=O)Nc1cnn(C)c1. The highest BCUT2D eigenvalue weighted by atomic mass is 32.2. The lowest BCUT2D eigenvalue weighted by Crippen LogP contribution is -2.35. The maximum Gasteiger partial charge on any atom is 0.299 e. The fourth-order valence-electron chi connectivity index (χ4n) is 1.07. The van der Waals surface area contributed by atoms with Crippen molar-refractivity contribution in [2.24, 2.45) is 7.05 Å². The van der Waals surface area contributed by atoms with Crippen molar-refractivity contribution < 1.29 is 8.42 Å². The molecule has 0 aliphatic rings. The number of aromatic nitrogens is 2. The maximum absolute atomic E-state index is 11.5. The van der Waals surface area contributed by atoms with Crippen LogP contribution >= 0.6 is 0 Å². The molecule has 0 aliphatic heterocycles. The molecule has 0 unspecified atom stereocenters. The summed E-state index contributed by atoms with van der Waals surface area (Å²) in [6.45, 7) is 1.01. The molecule has 0 bridgehead atoms. The molecule has 2 N–H and O–H groups in total. The first-order chi connectivity index (χ1) is 7.39. The van der Waals surface area contributed by atoms with Gasteiger partial charge in [0, 0.05) is 26.3 Å². The van der Waals surface area contributed by atoms with Gasteiger partial charge in [0.05, 0.1) is 11.9 Å². The molecule has 0 fully saturated rings. The third-order valence-electron chi connectivity index (χ3n) is 1.81. The van der Waals surface area contributed by atoms with Crippen molar-refractivity contribution >= 4 is 15.9 Å². The van der Waals surface area contributed by atoms with Crippen molar-refractivity contribution in [3.05, 3.63) is 12.4 Å². The zero-order valence-corrected chi connectivity index (χ0v) is 10.5. The monoisotopic (exact) mass is 247 g/mol. The molecule has 0 spiro atoms. The van der Waals surface area contributed by atoms with Gasteiger partial charge in [-0.3, -0.25) is 9.40 Å². The van der Waals surface area contributed by atoms with E-state index in [0.29, 0.717) is 18.8 Å². The van der Waals surface area contributed by atoms with Crippen LogP contribution in [-0.4, -0.2) is 50.3 Å². The van der Waals surface area contributed by atoms with Gasteiger partial charge in [0.25, 0.3) is 10.2 Å². The molecule has 1 aromatic rings. The molecule has 1 rings (SSSR count). The average molecular weight is 247 g/mol. The number of hydrogen-bond donors (Lipinski definition) is 2. The van der Waals surface area contributed by atoms with Gasteiger partial charge in [0.15, 0.2) is 0 Å². The van der Waals surface area contributed by atoms with Gasteiger partial charge in [0.1, 0.15) is 0 Å². The summed E-state index contributed by atoms with van der Waals surface area (Å²) in [4.78, 5) is 1.90. The largest absolute Gasteiger partial charge is 0.308 e. The van der Waals surface area contributed by atoms with Crippen LogP contribution in [0.15, 0.2) is 12.4 Å². The van der Waals surface area contributed by atoms with Crippen LogP contribution in [0.2, 0.25) is 0 Å². The van der Waals surface area contributed by atoms with E-state index in [9.17, 15) is 8.42 Å². The second kappa shape index (κ2) is 5.28. The van der Waals surface area contributed by atoms with Gasteiger partial charge in [-0.1, -0.05) is 0 Å². The van der Waals surface area contributed by atoms with E-state index in [1.54, 1.807) is 13.2 Å². The van der Waals surface area contributed by atoms with Crippen LogP contribution in [0.1, 0.15) is 0 Å². The third kappa shape index (κ3) is 4.60. The fraction of sp³-hybridized carbons (Fsp3) is 0.625. The first kappa shape index (κ1) is 12.9. The summed E-state index contributed by atoms with van der Waals surface area (Å²) >= 11 is 0. The molecule has 0 saturated heterocycles. The number of likely N-dealkylation sites (N-methyl/N-ethyl adjacent to an activating group) is 1. The van der Waals surface area contributed by atoms with E-state index < -0.39 is 10.2 Å². The summed E-state index contributed by atoms with van der Waals surface area (Å²) < 4.78 is 29.4. The Morgan fingerprint density at radius 1 is 1.50 bits per heavy atom. The van der Waals surface area contributed by atoms with Crippen molar-refractivity contribution in [1.29, 1.82) is 0 Å². The normalized spacial score (nSPS) is 12.0. The number of anilines is 1. The summed E-state index contributed by atoms with van der Waals surface area (Å²) in [7, 11) is 1.98. The van der Waals surface area contributed by atoms with Crippen LogP contribution in [0.3, 0.4) is 0 Å². The highest BCUT2D eigenvalue weighted by molar-refractivity contribution is 7.90. The number of aryl methyl sites for hydroxylation is 1. The van der Waals surface area contributed by atoms with E-state index in [4.69, 9.17) is 0 Å². The molecular weight excluding hydrogens is 230 g/mol. The highest BCUT2D eigenvalue weighted by Gasteiger charge is 2.09. The summed E-state index contributed by atoms with van der Waals surface area (Å²) in [6.07, 6.45) is 3.04. The molecule has 0 amide bonds. The maximum atomic E-state index is 11.5. The number of hydrogen-bond acceptors (Lipinski definition) is 4. The van der Waals surface area contributed by atoms with Crippen LogP contribution < -0.4 is 9.44 Å². The van der Waals surface area contributed by atoms with Gasteiger partial charge >= 0.3 is 0 Å². The Kier molecular flexibility index (Phi) is 4.27. The molecule has 7 nitrogen and oxygen atoms in total. The molecular formula is C8H17N5O2S. The zero-order chi connectivity index (χ0) is 12.2. The van der Waals surface area contributed by atoms with Crippen LogP contribution in [0.25, 0.3) is 0 Å². The van der Waals surface area contributed by atoms with E-state index in [1.807, 2.05) is 19.0 Å². The summed E-state index contributed by atoms with van der Waals surface area (Å²) in [6, 6.07) is 0. The quantitative estimate of drug-likeness (QED) is 0.692. The van der Waals surface area contributed by atoms with Gasteiger partial charge in [-0.2, -0.15) is 18.2 Å². The molecule has 16 heavy (non-hydrogen) atoms. The number of nitrogens with one attached hydrogen (secondary N) is 2. The Balaban J connectivity index is 2.46. The fourth-order valence-corrected chi connectivity index (χ4v) is 1.92. The Morgan fingerprint density at radius 3 is 2.69 bits per heavy atom. The molecule has 0 saturated carbocycles. The lowest BCUT2D eigenvalue weighted by Gasteiger charge is -2.11. The van der Waals surface area contributed by atoms with Gasteiger partial charge in [-0.15, -0.1) is 0 Å². The first-order valence-electron chi connectivity index (χ1n) is 4.80. The van der Waals surface area contributed by atoms with Crippen LogP contribution in [0.5, 0.6) is 0 Å². The number of rotatable bonds is 6. The Hall–Kier alpha value is -1.12. The van der Waals surface area contributed by atoms with Crippen molar-refractivity contribution in [2.75, 3.05) is 31.9 Å². The second-order valence-corrected chi connectivity index (χ2v) is 5.21. The summed E-state index contributed by atoms with van der Waals surface area (Å²) in [5.41, 5.74) is 0.444. The number of nitrogens with zero attached hydrogens (tertiary/aromatic N) is 3. The van der Waals surface area contributed by atoms with Gasteiger partial charge in [0.2, 0.25) is 0 Å². The smallest absolute Gasteiger partial charge is 0.299 e. The zero-order valence-electron chi connectivity index (χ0n) is 9.64. The van der Waals surface area contributed by atoms with Crippen molar-refractivity contribution in [3.63, 3.8) is 0 Å². The van der Waals surface area contributed by atoms with E-state index in [0.717, 1.165) is 0 Å². The molecule has 0 radical (unpaired) electrons. The molecule has 0 aromatic carbocycles. The summed E-state index contributed by atoms with van der Waals surface area (Å²) in [5.74, 6) is 0. The second-order valence-electron chi connectivity index (χ2n) is 3.71. The Morgan fingerprint density at radius 2 is 2.19 bits per heavy atom. The average Bonchev–Trinajstić information content (AvgIpc) is 2.48. The van der Waals surface area contributed by atoms with Gasteiger partial charge < -0.3 is 4.90 Å². The standard InChI is InChI=1S/C8H17N5O2S/c1-12(2)5-4-10-16(14,15)11-8-6-9-13(3)7-8/h6-7,10-11H,4-5H2,1-3H3. The molecule has 0 atom stereocenters. The van der Waals surface area contributed by atoms with Crippen LogP contribution in [0, 0.1) is 0 Å². The van der Waals surface area contributed by atoms with E-state index in [1.165, 1.54) is 10.9 Å². The topological polar surface area (TPSA) is 79.3 Å². The first-order valence-corrected chi connectivity index (χ1v) is 6.28. The predicted molar refractivity (Wildman–Crippen MR) is 62.3 cm³/mol. The minimum atomic E-state index is -3.50. The molecule has 1 aromatic heterocycles. The lowest BCUT2D eigenvalue weighted by atomic mass is 10.6. The Labute approximate surface area is 95.6 Å².